The molecule has 102 valence electrons. The maximum atomic E-state index is 11.4. The van der Waals surface area contributed by atoms with E-state index in [0.717, 1.165) is 9.87 Å². The summed E-state index contributed by atoms with van der Waals surface area (Å²) in [6, 6.07) is 5.28. The highest BCUT2D eigenvalue weighted by atomic mass is 35.5. The predicted octanol–water partition coefficient (Wildman–Crippen LogP) is 1.42. The first-order valence-corrected chi connectivity index (χ1v) is 7.21. The highest BCUT2D eigenvalue weighted by molar-refractivity contribution is 7.87. The fraction of sp³-hybridized carbons (Fsp3) is 0.455. The van der Waals surface area contributed by atoms with E-state index in [-0.39, 0.29) is 13.2 Å². The molecule has 0 unspecified atom stereocenters. The minimum absolute atomic E-state index is 0.211. The summed E-state index contributed by atoms with van der Waals surface area (Å²) in [5.41, 5.74) is 0.915. The molecule has 0 atom stereocenters. The second kappa shape index (κ2) is 6.38. The van der Waals surface area contributed by atoms with Crippen molar-refractivity contribution in [1.29, 1.82) is 0 Å². The van der Waals surface area contributed by atoms with Gasteiger partial charge in [-0.25, -0.2) is 0 Å². The topological polar surface area (TPSA) is 58.6 Å². The molecule has 1 aromatic carbocycles. The average molecular weight is 293 g/mol. The largest absolute Gasteiger partial charge is 0.492 e. The fourth-order valence-electron chi connectivity index (χ4n) is 1.24. The number of halogens is 1. The fourth-order valence-corrected chi connectivity index (χ4v) is 2.06. The van der Waals surface area contributed by atoms with Crippen molar-refractivity contribution in [3.63, 3.8) is 0 Å². The molecule has 0 aliphatic heterocycles. The maximum absolute atomic E-state index is 11.4. The third kappa shape index (κ3) is 4.45. The van der Waals surface area contributed by atoms with Crippen LogP contribution in [-0.2, 0) is 10.2 Å². The van der Waals surface area contributed by atoms with Crippen molar-refractivity contribution in [3.05, 3.63) is 28.8 Å². The van der Waals surface area contributed by atoms with E-state index in [1.54, 1.807) is 18.2 Å². The van der Waals surface area contributed by atoms with E-state index in [9.17, 15) is 8.42 Å². The number of nitrogens with zero attached hydrogens (tertiary/aromatic N) is 1. The molecule has 1 aromatic rings. The summed E-state index contributed by atoms with van der Waals surface area (Å²) in [4.78, 5) is 0. The molecule has 5 nitrogen and oxygen atoms in total. The van der Waals surface area contributed by atoms with Crippen LogP contribution in [0.25, 0.3) is 0 Å². The smallest absolute Gasteiger partial charge is 0.279 e. The first-order chi connectivity index (χ1) is 8.33. The number of ether oxygens (including phenoxy) is 1. The molecule has 0 saturated heterocycles. The molecule has 1 N–H and O–H groups in total. The van der Waals surface area contributed by atoms with Crippen LogP contribution in [0.3, 0.4) is 0 Å². The van der Waals surface area contributed by atoms with Gasteiger partial charge in [0.15, 0.2) is 0 Å². The van der Waals surface area contributed by atoms with Crippen molar-refractivity contribution in [3.8, 4) is 5.75 Å². The Hall–Kier alpha value is -0.820. The molecule has 0 aromatic heterocycles. The van der Waals surface area contributed by atoms with Crippen LogP contribution in [0, 0.1) is 6.92 Å². The van der Waals surface area contributed by atoms with Crippen molar-refractivity contribution < 1.29 is 13.2 Å². The molecule has 0 heterocycles. The normalized spacial score (nSPS) is 11.8. The van der Waals surface area contributed by atoms with Gasteiger partial charge in [-0.05, 0) is 30.7 Å². The van der Waals surface area contributed by atoms with Gasteiger partial charge in [0.05, 0.1) is 0 Å². The van der Waals surface area contributed by atoms with Crippen molar-refractivity contribution in [1.82, 2.24) is 9.03 Å². The Labute approximate surface area is 113 Å². The van der Waals surface area contributed by atoms with Gasteiger partial charge < -0.3 is 4.74 Å². The standard InChI is InChI=1S/C11H17ClN2O3S/c1-9-8-10(12)4-5-11(9)17-7-6-13-18(15,16)14(2)3/h4-5,8,13H,6-7H2,1-3H3. The van der Waals surface area contributed by atoms with Crippen LogP contribution >= 0.6 is 11.6 Å². The molecule has 7 heteroatoms. The van der Waals surface area contributed by atoms with Crippen LogP contribution in [0.5, 0.6) is 5.75 Å². The SMILES string of the molecule is Cc1cc(Cl)ccc1OCCNS(=O)(=O)N(C)C. The van der Waals surface area contributed by atoms with Gasteiger partial charge in [-0.1, -0.05) is 11.6 Å². The number of aryl methyl sites for hydroxylation is 1. The third-order valence-electron chi connectivity index (χ3n) is 2.26. The quantitative estimate of drug-likeness (QED) is 0.807. The summed E-state index contributed by atoms with van der Waals surface area (Å²) in [6.45, 7) is 2.35. The number of rotatable bonds is 6. The first kappa shape index (κ1) is 15.2. The van der Waals surface area contributed by atoms with Crippen molar-refractivity contribution in [2.75, 3.05) is 27.2 Å². The van der Waals surface area contributed by atoms with Gasteiger partial charge in [0, 0.05) is 25.7 Å². The van der Waals surface area contributed by atoms with Gasteiger partial charge in [-0.2, -0.15) is 17.4 Å². The van der Waals surface area contributed by atoms with Crippen LogP contribution < -0.4 is 9.46 Å². The Kier molecular flexibility index (Phi) is 5.40. The second-order valence-corrected chi connectivity index (χ2v) is 6.35. The summed E-state index contributed by atoms with van der Waals surface area (Å²) in [5, 5.41) is 0.646. The lowest BCUT2D eigenvalue weighted by Gasteiger charge is -2.13. The number of nitrogens with one attached hydrogen (secondary N) is 1. The molecule has 0 saturated carbocycles. The molecule has 0 spiro atoms. The molecular weight excluding hydrogens is 276 g/mol. The first-order valence-electron chi connectivity index (χ1n) is 5.39. The Balaban J connectivity index is 2.43. The molecule has 0 aliphatic rings. The molecule has 1 rings (SSSR count). The van der Waals surface area contributed by atoms with E-state index in [0.29, 0.717) is 10.8 Å². The molecule has 0 fully saturated rings. The van der Waals surface area contributed by atoms with Crippen LogP contribution in [0.15, 0.2) is 18.2 Å². The minimum Gasteiger partial charge on any atom is -0.492 e. The minimum atomic E-state index is -3.39. The van der Waals surface area contributed by atoms with E-state index < -0.39 is 10.2 Å². The van der Waals surface area contributed by atoms with Gasteiger partial charge in [-0.3, -0.25) is 0 Å². The lowest BCUT2D eigenvalue weighted by Crippen LogP contribution is -2.37. The molecule has 0 aliphatic carbocycles. The van der Waals surface area contributed by atoms with E-state index in [2.05, 4.69) is 4.72 Å². The molecule has 0 radical (unpaired) electrons. The summed E-state index contributed by atoms with van der Waals surface area (Å²) in [7, 11) is -0.458. The van der Waals surface area contributed by atoms with Crippen LogP contribution in [-0.4, -0.2) is 40.0 Å². The van der Waals surface area contributed by atoms with E-state index in [1.807, 2.05) is 6.92 Å². The highest BCUT2D eigenvalue weighted by Gasteiger charge is 2.11. The Morgan fingerprint density at radius 1 is 1.39 bits per heavy atom. The lowest BCUT2D eigenvalue weighted by molar-refractivity contribution is 0.319. The zero-order valence-corrected chi connectivity index (χ0v) is 12.2. The second-order valence-electron chi connectivity index (χ2n) is 3.94. The molecule has 18 heavy (non-hydrogen) atoms. The van der Waals surface area contributed by atoms with Gasteiger partial charge in [-0.15, -0.1) is 0 Å². The Morgan fingerprint density at radius 2 is 2.06 bits per heavy atom. The van der Waals surface area contributed by atoms with Gasteiger partial charge in [0.2, 0.25) is 0 Å². The van der Waals surface area contributed by atoms with Crippen molar-refractivity contribution in [2.24, 2.45) is 0 Å². The summed E-state index contributed by atoms with van der Waals surface area (Å²) < 4.78 is 31.8. The summed E-state index contributed by atoms with van der Waals surface area (Å²) >= 11 is 5.82. The zero-order chi connectivity index (χ0) is 13.8. The predicted molar refractivity (Wildman–Crippen MR) is 72.3 cm³/mol. The third-order valence-corrected chi connectivity index (χ3v) is 4.03. The highest BCUT2D eigenvalue weighted by Crippen LogP contribution is 2.21. The van der Waals surface area contributed by atoms with Crippen molar-refractivity contribution >= 4 is 21.8 Å². The number of hydrogen-bond acceptors (Lipinski definition) is 3. The van der Waals surface area contributed by atoms with Crippen LogP contribution in [0.2, 0.25) is 5.02 Å². The Bertz CT molecular complexity index is 503. The molecular formula is C11H17ClN2O3S. The maximum Gasteiger partial charge on any atom is 0.279 e. The van der Waals surface area contributed by atoms with E-state index in [1.165, 1.54) is 14.1 Å². The van der Waals surface area contributed by atoms with Crippen LogP contribution in [0.1, 0.15) is 5.56 Å². The van der Waals surface area contributed by atoms with Crippen LogP contribution in [0.4, 0.5) is 0 Å². The Morgan fingerprint density at radius 3 is 2.61 bits per heavy atom. The molecule has 0 amide bonds. The number of hydrogen-bond donors (Lipinski definition) is 1. The monoisotopic (exact) mass is 292 g/mol. The van der Waals surface area contributed by atoms with E-state index in [4.69, 9.17) is 16.3 Å². The summed E-state index contributed by atoms with van der Waals surface area (Å²) in [5.74, 6) is 0.698. The van der Waals surface area contributed by atoms with Crippen molar-refractivity contribution in [2.45, 2.75) is 6.92 Å². The lowest BCUT2D eigenvalue weighted by atomic mass is 10.2. The van der Waals surface area contributed by atoms with Gasteiger partial charge >= 0.3 is 0 Å². The summed E-state index contributed by atoms with van der Waals surface area (Å²) in [6.07, 6.45) is 0. The van der Waals surface area contributed by atoms with E-state index >= 15 is 0 Å². The van der Waals surface area contributed by atoms with Gasteiger partial charge in [0.1, 0.15) is 12.4 Å². The number of benzene rings is 1. The van der Waals surface area contributed by atoms with Gasteiger partial charge in [0.25, 0.3) is 10.2 Å². The average Bonchev–Trinajstić information content (AvgIpc) is 2.26. The molecule has 0 bridgehead atoms. The zero-order valence-electron chi connectivity index (χ0n) is 10.6.